The highest BCUT2D eigenvalue weighted by Crippen LogP contribution is 2.24. The van der Waals surface area contributed by atoms with E-state index in [0.717, 1.165) is 12.1 Å². The van der Waals surface area contributed by atoms with Crippen LogP contribution in [0.5, 0.6) is 0 Å². The van der Waals surface area contributed by atoms with Crippen LogP contribution >= 0.6 is 0 Å². The van der Waals surface area contributed by atoms with Crippen LogP contribution in [-0.2, 0) is 16.1 Å². The lowest BCUT2D eigenvalue weighted by molar-refractivity contribution is -0.152. The number of hydrogen-bond acceptors (Lipinski definition) is 4. The molecule has 0 saturated carbocycles. The Morgan fingerprint density at radius 3 is 2.95 bits per heavy atom. The number of rotatable bonds is 5. The minimum atomic E-state index is -0.941. The first-order chi connectivity index (χ1) is 9.16. The van der Waals surface area contributed by atoms with Crippen molar-refractivity contribution in [3.8, 4) is 0 Å². The molecule has 3 N–H and O–H groups in total. The Morgan fingerprint density at radius 1 is 1.53 bits per heavy atom. The third kappa shape index (κ3) is 3.03. The van der Waals surface area contributed by atoms with Crippen LogP contribution in [0.4, 0.5) is 0 Å². The average molecular weight is 260 g/mol. The van der Waals surface area contributed by atoms with E-state index in [9.17, 15) is 4.79 Å². The van der Waals surface area contributed by atoms with Gasteiger partial charge < -0.3 is 15.8 Å². The molecule has 4 nitrogen and oxygen atoms in total. The molecule has 2 rings (SSSR count). The molecular weight excluding hydrogens is 240 g/mol. The Labute approximate surface area is 113 Å². The summed E-state index contributed by atoms with van der Waals surface area (Å²) in [6, 6.07) is 9.60. The fourth-order valence-electron chi connectivity index (χ4n) is 2.37. The maximum Gasteiger partial charge on any atom is 0.328 e. The maximum absolute atomic E-state index is 12.2. The van der Waals surface area contributed by atoms with Gasteiger partial charge in [0.05, 0.1) is 0 Å². The first kappa shape index (κ1) is 13.8. The van der Waals surface area contributed by atoms with E-state index in [-0.39, 0.29) is 18.5 Å². The predicted molar refractivity (Wildman–Crippen MR) is 74.3 cm³/mol. The molecule has 1 heterocycles. The van der Waals surface area contributed by atoms with Gasteiger partial charge in [0.2, 0.25) is 0 Å². The van der Waals surface area contributed by atoms with Crippen molar-refractivity contribution in [2.75, 3.05) is 13.1 Å². The van der Waals surface area contributed by atoms with E-state index >= 15 is 0 Å². The van der Waals surface area contributed by atoms with Gasteiger partial charge in [0, 0.05) is 19.0 Å². The minimum absolute atomic E-state index is 0.0493. The van der Waals surface area contributed by atoms with Gasteiger partial charge in [0.1, 0.15) is 12.1 Å². The summed E-state index contributed by atoms with van der Waals surface area (Å²) < 4.78 is 5.35. The fraction of sp³-hybridized carbons (Fsp3) is 0.400. The SMILES string of the molecule is C=CC[C@H]1CNC[C@@]1(N)C(=O)OCc1ccccc1. The van der Waals surface area contributed by atoms with Gasteiger partial charge in [-0.2, -0.15) is 0 Å². The molecule has 1 aliphatic heterocycles. The summed E-state index contributed by atoms with van der Waals surface area (Å²) in [6.45, 7) is 5.15. The third-order valence-corrected chi connectivity index (χ3v) is 3.58. The molecule has 0 unspecified atom stereocenters. The predicted octanol–water partition coefficient (Wildman–Crippen LogP) is 1.22. The van der Waals surface area contributed by atoms with Crippen LogP contribution in [0.15, 0.2) is 43.0 Å². The van der Waals surface area contributed by atoms with Crippen LogP contribution in [0.25, 0.3) is 0 Å². The van der Waals surface area contributed by atoms with E-state index in [1.807, 2.05) is 30.3 Å². The molecule has 1 saturated heterocycles. The highest BCUT2D eigenvalue weighted by Gasteiger charge is 2.46. The molecule has 4 heteroatoms. The summed E-state index contributed by atoms with van der Waals surface area (Å²) in [7, 11) is 0. The van der Waals surface area contributed by atoms with Gasteiger partial charge in [-0.25, -0.2) is 4.79 Å². The van der Waals surface area contributed by atoms with Gasteiger partial charge in [-0.1, -0.05) is 36.4 Å². The normalized spacial score (nSPS) is 26.1. The molecule has 1 fully saturated rings. The zero-order valence-electron chi connectivity index (χ0n) is 11.0. The lowest BCUT2D eigenvalue weighted by Gasteiger charge is -2.27. The topological polar surface area (TPSA) is 64.3 Å². The Balaban J connectivity index is 1.97. The van der Waals surface area contributed by atoms with Gasteiger partial charge in [-0.3, -0.25) is 0 Å². The fourth-order valence-corrected chi connectivity index (χ4v) is 2.37. The molecular formula is C15H20N2O2. The van der Waals surface area contributed by atoms with Gasteiger partial charge in [0.15, 0.2) is 0 Å². The lowest BCUT2D eigenvalue weighted by atomic mass is 9.86. The van der Waals surface area contributed by atoms with Crippen molar-refractivity contribution in [3.05, 3.63) is 48.6 Å². The van der Waals surface area contributed by atoms with Crippen LogP contribution in [0.1, 0.15) is 12.0 Å². The summed E-state index contributed by atoms with van der Waals surface area (Å²) in [5, 5.41) is 3.15. The maximum atomic E-state index is 12.2. The van der Waals surface area contributed by atoms with E-state index in [1.54, 1.807) is 6.08 Å². The van der Waals surface area contributed by atoms with Gasteiger partial charge >= 0.3 is 5.97 Å². The summed E-state index contributed by atoms with van der Waals surface area (Å²) in [6.07, 6.45) is 2.51. The molecule has 19 heavy (non-hydrogen) atoms. The van der Waals surface area contributed by atoms with Gasteiger partial charge in [-0.15, -0.1) is 6.58 Å². The van der Waals surface area contributed by atoms with E-state index < -0.39 is 5.54 Å². The number of benzene rings is 1. The summed E-state index contributed by atoms with van der Waals surface area (Å²) in [5.41, 5.74) is 6.23. The summed E-state index contributed by atoms with van der Waals surface area (Å²) in [5.74, 6) is -0.290. The number of carbonyl (C=O) groups excluding carboxylic acids is 1. The first-order valence-electron chi connectivity index (χ1n) is 6.48. The van der Waals surface area contributed by atoms with E-state index in [4.69, 9.17) is 10.5 Å². The Hall–Kier alpha value is -1.65. The van der Waals surface area contributed by atoms with Crippen molar-refractivity contribution in [1.29, 1.82) is 0 Å². The zero-order valence-corrected chi connectivity index (χ0v) is 11.0. The quantitative estimate of drug-likeness (QED) is 0.617. The van der Waals surface area contributed by atoms with E-state index in [1.165, 1.54) is 0 Å². The molecule has 0 amide bonds. The van der Waals surface area contributed by atoms with Crippen molar-refractivity contribution < 1.29 is 9.53 Å². The molecule has 1 aromatic rings. The molecule has 0 spiro atoms. The second-order valence-corrected chi connectivity index (χ2v) is 4.95. The number of nitrogens with one attached hydrogen (secondary N) is 1. The number of allylic oxidation sites excluding steroid dienone is 1. The highest BCUT2D eigenvalue weighted by molar-refractivity contribution is 5.82. The standard InChI is InChI=1S/C15H20N2O2/c1-2-6-13-9-17-11-15(13,16)14(18)19-10-12-7-4-3-5-8-12/h2-5,7-8,13,17H,1,6,9-11,16H2/t13-,15-/m0/s1. The lowest BCUT2D eigenvalue weighted by Crippen LogP contribution is -2.55. The number of ether oxygens (including phenoxy) is 1. The molecule has 2 atom stereocenters. The van der Waals surface area contributed by atoms with Crippen LogP contribution in [0, 0.1) is 5.92 Å². The Morgan fingerprint density at radius 2 is 2.26 bits per heavy atom. The molecule has 0 bridgehead atoms. The molecule has 0 radical (unpaired) electrons. The van der Waals surface area contributed by atoms with Crippen molar-refractivity contribution in [1.82, 2.24) is 5.32 Å². The van der Waals surface area contributed by atoms with Crippen LogP contribution in [-0.4, -0.2) is 24.6 Å². The molecule has 102 valence electrons. The summed E-state index contributed by atoms with van der Waals surface area (Å²) in [4.78, 5) is 12.2. The van der Waals surface area contributed by atoms with E-state index in [0.29, 0.717) is 13.0 Å². The van der Waals surface area contributed by atoms with Crippen molar-refractivity contribution in [3.63, 3.8) is 0 Å². The van der Waals surface area contributed by atoms with Crippen molar-refractivity contribution in [2.45, 2.75) is 18.6 Å². The largest absolute Gasteiger partial charge is 0.459 e. The number of carbonyl (C=O) groups is 1. The average Bonchev–Trinajstić information content (AvgIpc) is 2.80. The third-order valence-electron chi connectivity index (χ3n) is 3.58. The first-order valence-corrected chi connectivity index (χ1v) is 6.48. The van der Waals surface area contributed by atoms with Crippen molar-refractivity contribution >= 4 is 5.97 Å². The Bertz CT molecular complexity index is 447. The monoisotopic (exact) mass is 260 g/mol. The number of hydrogen-bond donors (Lipinski definition) is 2. The molecule has 1 aromatic carbocycles. The zero-order chi connectivity index (χ0) is 13.7. The van der Waals surface area contributed by atoms with Gasteiger partial charge in [-0.05, 0) is 12.0 Å². The van der Waals surface area contributed by atoms with Crippen LogP contribution in [0.2, 0.25) is 0 Å². The smallest absolute Gasteiger partial charge is 0.328 e. The van der Waals surface area contributed by atoms with Crippen molar-refractivity contribution in [2.24, 2.45) is 11.7 Å². The Kier molecular flexibility index (Phi) is 4.35. The second-order valence-electron chi connectivity index (χ2n) is 4.95. The summed E-state index contributed by atoms with van der Waals surface area (Å²) >= 11 is 0. The van der Waals surface area contributed by atoms with Crippen LogP contribution in [0.3, 0.4) is 0 Å². The number of esters is 1. The minimum Gasteiger partial charge on any atom is -0.459 e. The highest BCUT2D eigenvalue weighted by atomic mass is 16.5. The van der Waals surface area contributed by atoms with E-state index in [2.05, 4.69) is 11.9 Å². The molecule has 0 aromatic heterocycles. The second kappa shape index (κ2) is 5.99. The van der Waals surface area contributed by atoms with Gasteiger partial charge in [0.25, 0.3) is 0 Å². The molecule has 0 aliphatic carbocycles. The van der Waals surface area contributed by atoms with Crippen LogP contribution < -0.4 is 11.1 Å². The number of nitrogens with two attached hydrogens (primary N) is 1. The molecule has 1 aliphatic rings.